The van der Waals surface area contributed by atoms with E-state index in [2.05, 4.69) is 9.88 Å². The highest BCUT2D eigenvalue weighted by atomic mass is 19.2. The van der Waals surface area contributed by atoms with Crippen LogP contribution >= 0.6 is 0 Å². The van der Waals surface area contributed by atoms with Gasteiger partial charge in [0.25, 0.3) is 0 Å². The van der Waals surface area contributed by atoms with Gasteiger partial charge in [0.2, 0.25) is 0 Å². The lowest BCUT2D eigenvalue weighted by molar-refractivity contribution is 0.0298. The number of hydrogen-bond acceptors (Lipinski definition) is 4. The van der Waals surface area contributed by atoms with Gasteiger partial charge in [-0.2, -0.15) is 0 Å². The fraction of sp³-hybridized carbons (Fsp3) is 0.464. The number of likely N-dealkylation sites (tertiary alicyclic amines) is 1. The Hall–Kier alpha value is -2.78. The first-order chi connectivity index (χ1) is 17.7. The van der Waals surface area contributed by atoms with Gasteiger partial charge in [0.15, 0.2) is 0 Å². The molecule has 2 heterocycles. The van der Waals surface area contributed by atoms with E-state index < -0.39 is 34.9 Å². The lowest BCUT2D eigenvalue weighted by Gasteiger charge is -2.41. The van der Waals surface area contributed by atoms with Gasteiger partial charge in [0, 0.05) is 35.3 Å². The number of halogens is 5. The molecule has 1 aliphatic rings. The van der Waals surface area contributed by atoms with Gasteiger partial charge in [0.05, 0.1) is 18.8 Å². The van der Waals surface area contributed by atoms with Crippen LogP contribution in [-0.2, 0) is 6.42 Å². The number of methoxy groups -OCH3 is 1. The van der Waals surface area contributed by atoms with Crippen LogP contribution in [0, 0.1) is 28.7 Å². The molecule has 1 atom stereocenters. The maximum absolute atomic E-state index is 15.4. The fourth-order valence-corrected chi connectivity index (χ4v) is 5.22. The summed E-state index contributed by atoms with van der Waals surface area (Å²) in [7, 11) is 1.48. The number of fused-ring (bicyclic) bond motifs is 1. The van der Waals surface area contributed by atoms with E-state index in [4.69, 9.17) is 4.74 Å². The van der Waals surface area contributed by atoms with Crippen molar-refractivity contribution in [1.82, 2.24) is 9.88 Å². The number of pyridine rings is 1. The van der Waals surface area contributed by atoms with E-state index in [1.807, 2.05) is 0 Å². The first-order valence-corrected chi connectivity index (χ1v) is 12.5. The molecular formula is C28H31F5N2O2. The molecule has 0 saturated carbocycles. The summed E-state index contributed by atoms with van der Waals surface area (Å²) in [5, 5.41) is 10.5. The van der Waals surface area contributed by atoms with Crippen LogP contribution in [0.25, 0.3) is 10.9 Å². The molecule has 37 heavy (non-hydrogen) atoms. The number of aliphatic hydroxyl groups excluding tert-OH is 1. The Balaban J connectivity index is 1.33. The van der Waals surface area contributed by atoms with Crippen LogP contribution in [0.3, 0.4) is 0 Å². The second kappa shape index (κ2) is 11.7. The van der Waals surface area contributed by atoms with Crippen LogP contribution in [0.5, 0.6) is 5.75 Å². The van der Waals surface area contributed by atoms with Gasteiger partial charge >= 0.3 is 0 Å². The summed E-state index contributed by atoms with van der Waals surface area (Å²) in [5.74, 6) is -2.93. The molecule has 0 aliphatic carbocycles. The highest BCUT2D eigenvalue weighted by Gasteiger charge is 2.35. The molecule has 1 N–H and O–H groups in total. The van der Waals surface area contributed by atoms with Crippen LogP contribution in [-0.4, -0.2) is 48.3 Å². The van der Waals surface area contributed by atoms with Crippen LogP contribution < -0.4 is 4.74 Å². The number of hydrogen-bond donors (Lipinski definition) is 1. The Bertz CT molecular complexity index is 1210. The van der Waals surface area contributed by atoms with Crippen molar-refractivity contribution in [2.75, 3.05) is 33.4 Å². The quantitative estimate of drug-likeness (QED) is 0.318. The Morgan fingerprint density at radius 2 is 1.76 bits per heavy atom. The number of aromatic nitrogens is 1. The van der Waals surface area contributed by atoms with Crippen molar-refractivity contribution >= 4 is 10.9 Å². The van der Waals surface area contributed by atoms with Gasteiger partial charge in [-0.25, -0.2) is 22.0 Å². The van der Waals surface area contributed by atoms with Gasteiger partial charge in [0.1, 0.15) is 35.2 Å². The predicted octanol–water partition coefficient (Wildman–Crippen LogP) is 6.30. The van der Waals surface area contributed by atoms with Crippen molar-refractivity contribution in [1.29, 1.82) is 0 Å². The number of alkyl halides is 1. The third kappa shape index (κ3) is 6.21. The van der Waals surface area contributed by atoms with Crippen molar-refractivity contribution in [3.8, 4) is 5.75 Å². The fourth-order valence-electron chi connectivity index (χ4n) is 5.22. The Morgan fingerprint density at radius 3 is 2.41 bits per heavy atom. The van der Waals surface area contributed by atoms with Gasteiger partial charge in [-0.1, -0.05) is 0 Å². The lowest BCUT2D eigenvalue weighted by atomic mass is 9.74. The summed E-state index contributed by atoms with van der Waals surface area (Å²) >= 11 is 0. The first-order valence-electron chi connectivity index (χ1n) is 12.5. The van der Waals surface area contributed by atoms with E-state index in [0.29, 0.717) is 74.1 Å². The molecule has 0 radical (unpaired) electrons. The summed E-state index contributed by atoms with van der Waals surface area (Å²) < 4.78 is 76.1. The molecule has 1 fully saturated rings. The SMILES string of the molecule is COc1ccc2ncc(F)c([C@H](F)CCC3(CO)CCN(CCCc4c(F)cc(F)cc4F)CC3)c2c1. The monoisotopic (exact) mass is 522 g/mol. The number of nitrogens with zero attached hydrogens (tertiary/aromatic N) is 2. The minimum Gasteiger partial charge on any atom is -0.497 e. The van der Waals surface area contributed by atoms with E-state index in [-0.39, 0.29) is 30.6 Å². The van der Waals surface area contributed by atoms with E-state index >= 15 is 4.39 Å². The molecule has 1 saturated heterocycles. The van der Waals surface area contributed by atoms with Gasteiger partial charge < -0.3 is 14.7 Å². The van der Waals surface area contributed by atoms with E-state index in [1.54, 1.807) is 18.2 Å². The molecule has 9 heteroatoms. The second-order valence-electron chi connectivity index (χ2n) is 9.86. The van der Waals surface area contributed by atoms with Crippen molar-refractivity contribution < 1.29 is 31.8 Å². The van der Waals surface area contributed by atoms with E-state index in [1.165, 1.54) is 7.11 Å². The number of ether oxygens (including phenoxy) is 1. The van der Waals surface area contributed by atoms with Gasteiger partial charge in [-0.05, 0) is 81.8 Å². The van der Waals surface area contributed by atoms with Crippen LogP contribution in [0.4, 0.5) is 22.0 Å². The third-order valence-electron chi connectivity index (χ3n) is 7.57. The van der Waals surface area contributed by atoms with Crippen molar-refractivity contribution in [3.05, 3.63) is 70.9 Å². The van der Waals surface area contributed by atoms with Gasteiger partial charge in [-0.15, -0.1) is 0 Å². The summed E-state index contributed by atoms with van der Waals surface area (Å²) in [5.41, 5.74) is -0.168. The minimum absolute atomic E-state index is 0.0466. The third-order valence-corrected chi connectivity index (χ3v) is 7.57. The molecule has 2 aromatic carbocycles. The molecule has 200 valence electrons. The minimum atomic E-state index is -1.57. The molecule has 3 aromatic rings. The second-order valence-corrected chi connectivity index (χ2v) is 9.86. The zero-order chi connectivity index (χ0) is 26.6. The molecular weight excluding hydrogens is 491 g/mol. The average Bonchev–Trinajstić information content (AvgIpc) is 2.89. The zero-order valence-corrected chi connectivity index (χ0v) is 20.8. The van der Waals surface area contributed by atoms with Crippen molar-refractivity contribution in [3.63, 3.8) is 0 Å². The van der Waals surface area contributed by atoms with Crippen LogP contribution in [0.15, 0.2) is 36.5 Å². The van der Waals surface area contributed by atoms with E-state index in [9.17, 15) is 22.7 Å². The molecule has 1 aromatic heterocycles. The van der Waals surface area contributed by atoms with Crippen LogP contribution in [0.1, 0.15) is 49.4 Å². The van der Waals surface area contributed by atoms with E-state index in [0.717, 1.165) is 6.20 Å². The Morgan fingerprint density at radius 1 is 1.05 bits per heavy atom. The normalized spacial score (nSPS) is 16.7. The topological polar surface area (TPSA) is 45.6 Å². The molecule has 0 unspecified atom stereocenters. The smallest absolute Gasteiger partial charge is 0.148 e. The maximum atomic E-state index is 15.4. The molecule has 0 spiro atoms. The maximum Gasteiger partial charge on any atom is 0.148 e. The lowest BCUT2D eigenvalue weighted by Crippen LogP contribution is -2.42. The highest BCUT2D eigenvalue weighted by Crippen LogP contribution is 2.40. The zero-order valence-electron chi connectivity index (χ0n) is 20.8. The average molecular weight is 523 g/mol. The summed E-state index contributed by atoms with van der Waals surface area (Å²) in [6.07, 6.45) is 1.80. The summed E-state index contributed by atoms with van der Waals surface area (Å²) in [6.45, 7) is 1.79. The predicted molar refractivity (Wildman–Crippen MR) is 131 cm³/mol. The number of benzene rings is 2. The standard InChI is InChI=1S/C28H31F5N2O2/c1-37-19-4-5-26-21(15-19)27(25(33)16-34-26)22(30)6-7-28(17-36)8-11-35(12-9-28)10-2-3-20-23(31)13-18(29)14-24(20)32/h4-5,13-16,22,36H,2-3,6-12,17H2,1H3/t22-/m1/s1. The number of piperidine rings is 1. The molecule has 1 aliphatic heterocycles. The van der Waals surface area contributed by atoms with Crippen molar-refractivity contribution in [2.45, 2.75) is 44.7 Å². The number of aliphatic hydroxyl groups is 1. The highest BCUT2D eigenvalue weighted by molar-refractivity contribution is 5.84. The van der Waals surface area contributed by atoms with Gasteiger partial charge in [-0.3, -0.25) is 4.98 Å². The molecule has 4 nitrogen and oxygen atoms in total. The van der Waals surface area contributed by atoms with Crippen molar-refractivity contribution in [2.24, 2.45) is 5.41 Å². The molecule has 0 bridgehead atoms. The molecule has 4 rings (SSSR count). The van der Waals surface area contributed by atoms with Crippen LogP contribution in [0.2, 0.25) is 0 Å². The Labute approximate surface area is 213 Å². The first kappa shape index (κ1) is 27.3. The largest absolute Gasteiger partial charge is 0.497 e. The summed E-state index contributed by atoms with van der Waals surface area (Å²) in [6, 6.07) is 6.30. The Kier molecular flexibility index (Phi) is 8.64. The number of rotatable bonds is 10. The summed E-state index contributed by atoms with van der Waals surface area (Å²) in [4.78, 5) is 6.18. The molecule has 0 amide bonds.